The predicted molar refractivity (Wildman–Crippen MR) is 155 cm³/mol. The Kier molecular flexibility index (Phi) is 7.95. The topological polar surface area (TPSA) is 84.8 Å². The molecular weight excluding hydrogens is 508 g/mol. The van der Waals surface area contributed by atoms with Gasteiger partial charge in [0.15, 0.2) is 0 Å². The third-order valence-electron chi connectivity index (χ3n) is 11.9. The van der Waals surface area contributed by atoms with Gasteiger partial charge in [0.25, 0.3) is 10.0 Å². The highest BCUT2D eigenvalue weighted by Gasteiger charge is 2.60. The summed E-state index contributed by atoms with van der Waals surface area (Å²) in [6.45, 7) is 9.42. The highest BCUT2D eigenvalue weighted by Crippen LogP contribution is 2.68. The van der Waals surface area contributed by atoms with E-state index in [0.717, 1.165) is 54.7 Å². The molecule has 6 nitrogen and oxygen atoms in total. The van der Waals surface area contributed by atoms with Crippen molar-refractivity contribution < 1.29 is 17.9 Å². The quantitative estimate of drug-likeness (QED) is 0.293. The van der Waals surface area contributed by atoms with Crippen molar-refractivity contribution >= 4 is 21.7 Å². The fraction of sp³-hybridized carbons (Fsp3) is 0.750. The molecule has 8 atom stereocenters. The van der Waals surface area contributed by atoms with Crippen LogP contribution in [-0.4, -0.2) is 27.2 Å². The number of fused-ring (bicyclic) bond motifs is 5. The number of nitrogens with one attached hydrogen (secondary N) is 1. The van der Waals surface area contributed by atoms with Crippen LogP contribution in [0.1, 0.15) is 97.0 Å². The van der Waals surface area contributed by atoms with E-state index in [-0.39, 0.29) is 10.9 Å². The Bertz CT molecular complexity index is 1200. The first-order valence-electron chi connectivity index (χ1n) is 15.2. The normalized spacial score (nSPS) is 37.9. The molecule has 4 saturated carbocycles. The van der Waals surface area contributed by atoms with Crippen LogP contribution in [0.3, 0.4) is 0 Å². The van der Waals surface area contributed by atoms with E-state index in [4.69, 9.17) is 4.74 Å². The van der Waals surface area contributed by atoms with Crippen molar-refractivity contribution in [2.24, 2.45) is 51.4 Å². The first-order chi connectivity index (χ1) is 18.5. The molecule has 4 fully saturated rings. The summed E-state index contributed by atoms with van der Waals surface area (Å²) in [5, 5.41) is 4.46. The molecular formula is C32H48N2O4S. The summed E-state index contributed by atoms with van der Waals surface area (Å²) in [6.07, 6.45) is 12.1. The molecule has 1 N–H and O–H groups in total. The maximum Gasteiger partial charge on any atom is 0.305 e. The largest absolute Gasteiger partial charge is 0.469 e. The number of hydrogen-bond donors (Lipinski definition) is 1. The molecule has 4 aliphatic rings. The monoisotopic (exact) mass is 556 g/mol. The van der Waals surface area contributed by atoms with Gasteiger partial charge >= 0.3 is 5.97 Å². The lowest BCUT2D eigenvalue weighted by molar-refractivity contribution is -0.141. The minimum atomic E-state index is -3.64. The number of benzene rings is 1. The highest BCUT2D eigenvalue weighted by atomic mass is 32.2. The van der Waals surface area contributed by atoms with Gasteiger partial charge in [0.2, 0.25) is 0 Å². The van der Waals surface area contributed by atoms with Crippen molar-refractivity contribution in [2.45, 2.75) is 103 Å². The Labute approximate surface area is 235 Å². The van der Waals surface area contributed by atoms with Crippen molar-refractivity contribution in [2.75, 3.05) is 7.11 Å². The molecule has 0 heterocycles. The molecule has 39 heavy (non-hydrogen) atoms. The second kappa shape index (κ2) is 10.8. The second-order valence-electron chi connectivity index (χ2n) is 13.8. The van der Waals surface area contributed by atoms with Gasteiger partial charge in [-0.25, -0.2) is 4.83 Å². The standard InChI is InChI=1S/C32H48N2O4S/c1-21-6-10-25(11-7-21)39(36,37)34-33-24-16-18-31(3)23(20-24)9-12-26-28-14-13-27(22(2)8-15-30(35)38-5)32(28,4)19-17-29(26)31/h6-7,10-11,22-23,26-29,34H,8-9,12-20H2,1-5H3/b33-24+/t22-,23-,26+,27-,28+,29+,31+,32-/m1/s1. The number of ether oxygens (including phenoxy) is 1. The average Bonchev–Trinajstić information content (AvgIpc) is 3.28. The van der Waals surface area contributed by atoms with Crippen LogP contribution in [0.5, 0.6) is 0 Å². The Hall–Kier alpha value is -1.89. The Morgan fingerprint density at radius 2 is 1.77 bits per heavy atom. The van der Waals surface area contributed by atoms with E-state index < -0.39 is 10.0 Å². The number of methoxy groups -OCH3 is 1. The van der Waals surface area contributed by atoms with Crippen molar-refractivity contribution in [1.82, 2.24) is 4.83 Å². The zero-order valence-corrected chi connectivity index (χ0v) is 25.4. The number of esters is 1. The number of carbonyl (C=O) groups is 1. The molecule has 0 aliphatic heterocycles. The fourth-order valence-electron chi connectivity index (χ4n) is 9.68. The first kappa shape index (κ1) is 28.6. The predicted octanol–water partition coefficient (Wildman–Crippen LogP) is 6.88. The molecule has 216 valence electrons. The number of hydrazone groups is 1. The van der Waals surface area contributed by atoms with Crippen molar-refractivity contribution in [3.05, 3.63) is 29.8 Å². The molecule has 0 spiro atoms. The molecule has 1 aromatic carbocycles. The highest BCUT2D eigenvalue weighted by molar-refractivity contribution is 7.89. The smallest absolute Gasteiger partial charge is 0.305 e. The van der Waals surface area contributed by atoms with Crippen LogP contribution >= 0.6 is 0 Å². The van der Waals surface area contributed by atoms with E-state index in [2.05, 4.69) is 30.7 Å². The second-order valence-corrected chi connectivity index (χ2v) is 15.4. The molecule has 0 bridgehead atoms. The molecule has 0 amide bonds. The summed E-state index contributed by atoms with van der Waals surface area (Å²) in [5.41, 5.74) is 2.74. The van der Waals surface area contributed by atoms with Crippen LogP contribution in [0.25, 0.3) is 0 Å². The van der Waals surface area contributed by atoms with Crippen LogP contribution < -0.4 is 4.83 Å². The van der Waals surface area contributed by atoms with Gasteiger partial charge in [-0.05, 0) is 130 Å². The minimum absolute atomic E-state index is 0.0836. The fourth-order valence-corrected chi connectivity index (χ4v) is 10.5. The summed E-state index contributed by atoms with van der Waals surface area (Å²) in [4.78, 5) is 14.6. The van der Waals surface area contributed by atoms with Gasteiger partial charge < -0.3 is 4.74 Å². The number of aryl methyl sites for hydroxylation is 1. The van der Waals surface area contributed by atoms with Crippen molar-refractivity contribution in [3.8, 4) is 0 Å². The van der Waals surface area contributed by atoms with Gasteiger partial charge in [-0.15, -0.1) is 0 Å². The molecule has 0 unspecified atom stereocenters. The molecule has 1 aromatic rings. The van der Waals surface area contributed by atoms with E-state index in [9.17, 15) is 13.2 Å². The van der Waals surface area contributed by atoms with Gasteiger partial charge in [0, 0.05) is 12.1 Å². The third kappa shape index (κ3) is 5.29. The van der Waals surface area contributed by atoms with Gasteiger partial charge in [0.1, 0.15) is 0 Å². The Balaban J connectivity index is 1.24. The Morgan fingerprint density at radius 1 is 1.05 bits per heavy atom. The van der Waals surface area contributed by atoms with E-state index in [1.54, 1.807) is 12.1 Å². The average molecular weight is 557 g/mol. The van der Waals surface area contributed by atoms with Gasteiger partial charge in [-0.1, -0.05) is 38.5 Å². The molecule has 0 aromatic heterocycles. The van der Waals surface area contributed by atoms with E-state index in [1.807, 2.05) is 19.1 Å². The molecule has 7 heteroatoms. The summed E-state index contributed by atoms with van der Waals surface area (Å²) < 4.78 is 30.5. The zero-order valence-electron chi connectivity index (χ0n) is 24.5. The minimum Gasteiger partial charge on any atom is -0.469 e. The lowest BCUT2D eigenvalue weighted by Crippen LogP contribution is -2.53. The maximum absolute atomic E-state index is 12.8. The van der Waals surface area contributed by atoms with Gasteiger partial charge in [0.05, 0.1) is 12.0 Å². The summed E-state index contributed by atoms with van der Waals surface area (Å²) >= 11 is 0. The number of hydrogen-bond acceptors (Lipinski definition) is 5. The number of rotatable bonds is 7. The van der Waals surface area contributed by atoms with Gasteiger partial charge in [-0.3, -0.25) is 4.79 Å². The van der Waals surface area contributed by atoms with Crippen LogP contribution in [0.4, 0.5) is 0 Å². The van der Waals surface area contributed by atoms with Crippen molar-refractivity contribution in [3.63, 3.8) is 0 Å². The van der Waals surface area contributed by atoms with E-state index >= 15 is 0 Å². The summed E-state index contributed by atoms with van der Waals surface area (Å²) in [5.74, 6) is 4.09. The van der Waals surface area contributed by atoms with Crippen LogP contribution in [-0.2, 0) is 19.6 Å². The zero-order chi connectivity index (χ0) is 28.0. The van der Waals surface area contributed by atoms with E-state index in [0.29, 0.717) is 35.0 Å². The third-order valence-corrected chi connectivity index (χ3v) is 13.2. The van der Waals surface area contributed by atoms with Crippen LogP contribution in [0, 0.1) is 53.3 Å². The van der Waals surface area contributed by atoms with E-state index in [1.165, 1.54) is 45.6 Å². The maximum atomic E-state index is 12.8. The first-order valence-corrected chi connectivity index (χ1v) is 16.7. The number of sulfonamides is 1. The SMILES string of the molecule is COC(=O)CC[C@@H](C)[C@H]1CC[C@H]2[C@@H]3CC[C@@H]4C/C(=N/NS(=O)(=O)c5ccc(C)cc5)CC[C@]4(C)[C@H]3CC[C@]12C. The molecule has 0 saturated heterocycles. The molecule has 5 rings (SSSR count). The lowest BCUT2D eigenvalue weighted by Gasteiger charge is -2.60. The number of nitrogens with zero attached hydrogens (tertiary/aromatic N) is 1. The van der Waals surface area contributed by atoms with Crippen molar-refractivity contribution in [1.29, 1.82) is 0 Å². The molecule has 0 radical (unpaired) electrons. The van der Waals surface area contributed by atoms with Crippen LogP contribution in [0.2, 0.25) is 0 Å². The summed E-state index contributed by atoms with van der Waals surface area (Å²) in [7, 11) is -2.15. The lowest BCUT2D eigenvalue weighted by atomic mass is 9.44. The molecule has 4 aliphatic carbocycles. The summed E-state index contributed by atoms with van der Waals surface area (Å²) in [6, 6.07) is 6.91. The number of carbonyl (C=O) groups excluding carboxylic acids is 1. The van der Waals surface area contributed by atoms with Gasteiger partial charge in [-0.2, -0.15) is 13.5 Å². The Morgan fingerprint density at radius 3 is 2.49 bits per heavy atom. The van der Waals surface area contributed by atoms with Crippen LogP contribution in [0.15, 0.2) is 34.3 Å².